The second-order valence-corrected chi connectivity index (χ2v) is 9.67. The van der Waals surface area contributed by atoms with E-state index in [9.17, 15) is 0 Å². The summed E-state index contributed by atoms with van der Waals surface area (Å²) >= 11 is 0. The fourth-order valence-electron chi connectivity index (χ4n) is 7.10. The number of hydrogen-bond donors (Lipinski definition) is 2. The van der Waals surface area contributed by atoms with Crippen molar-refractivity contribution in [3.63, 3.8) is 0 Å². The van der Waals surface area contributed by atoms with Crippen molar-refractivity contribution in [3.05, 3.63) is 46.8 Å². The molecule has 0 aromatic carbocycles. The number of fused-ring (bicyclic) bond motifs is 3. The molecule has 0 amide bonds. The minimum absolute atomic E-state index is 0.172. The van der Waals surface area contributed by atoms with E-state index in [1.165, 1.54) is 43.4 Å². The van der Waals surface area contributed by atoms with Crippen molar-refractivity contribution in [2.75, 3.05) is 13.1 Å². The molecule has 4 rings (SSSR count). The first-order valence-corrected chi connectivity index (χ1v) is 11.6. The van der Waals surface area contributed by atoms with Crippen LogP contribution in [0.1, 0.15) is 66.2 Å². The molecule has 1 aliphatic heterocycles. The maximum Gasteiger partial charge on any atom is 0.133 e. The predicted octanol–water partition coefficient (Wildman–Crippen LogP) is 3.86. The first kappa shape index (κ1) is 20.0. The lowest BCUT2D eigenvalue weighted by Crippen LogP contribution is -2.89. The summed E-state index contributed by atoms with van der Waals surface area (Å²) in [6, 6.07) is 0.473. The Morgan fingerprint density at radius 2 is 2.11 bits per heavy atom. The molecule has 2 saturated carbocycles. The van der Waals surface area contributed by atoms with Gasteiger partial charge in [-0.05, 0) is 69.4 Å². The third-order valence-electron chi connectivity index (χ3n) is 8.29. The lowest BCUT2D eigenvalue weighted by Gasteiger charge is -2.57. The molecule has 0 saturated heterocycles. The fraction of sp³-hybridized carbons (Fsp3) is 0.680. The Morgan fingerprint density at radius 1 is 1.29 bits per heavy atom. The number of allylic oxidation sites excluding steroid dienone is 5. The van der Waals surface area contributed by atoms with Gasteiger partial charge in [0.2, 0.25) is 0 Å². The molecule has 0 radical (unpaired) electrons. The van der Waals surface area contributed by atoms with Crippen molar-refractivity contribution in [2.24, 2.45) is 23.5 Å². The SMILES string of the molecule is CC=C1C=CC=C(N2C(C)C(C)=C([NH2+]CCN)C23C(C)CC2CCCC3C2)C1. The quantitative estimate of drug-likeness (QED) is 0.775. The number of nitrogens with two attached hydrogens (primary N) is 2. The van der Waals surface area contributed by atoms with Crippen LogP contribution in [0.3, 0.4) is 0 Å². The van der Waals surface area contributed by atoms with Crippen LogP contribution in [0.2, 0.25) is 0 Å². The van der Waals surface area contributed by atoms with E-state index in [1.54, 1.807) is 11.3 Å². The highest BCUT2D eigenvalue weighted by Gasteiger charge is 2.62. The first-order valence-electron chi connectivity index (χ1n) is 11.6. The average molecular weight is 383 g/mol. The standard InChI is InChI=1S/C25H39N3/c1-5-20-8-7-11-23(16-20)28-19(4)18(3)24(27-13-12-26)25(28)17(2)14-21-9-6-10-22(25)15-21/h5,7-8,11,17,19,21-22,27H,6,9-10,12-16,26H2,1-4H3/p+1. The zero-order valence-corrected chi connectivity index (χ0v) is 18.4. The Hall–Kier alpha value is -1.32. The number of quaternary nitrogens is 1. The van der Waals surface area contributed by atoms with Gasteiger partial charge in [0.05, 0.1) is 12.6 Å². The van der Waals surface area contributed by atoms with Crippen molar-refractivity contribution >= 4 is 0 Å². The smallest absolute Gasteiger partial charge is 0.133 e. The van der Waals surface area contributed by atoms with E-state index in [2.05, 4.69) is 62.2 Å². The van der Waals surface area contributed by atoms with Gasteiger partial charge in [-0.3, -0.25) is 0 Å². The Kier molecular flexibility index (Phi) is 5.59. The summed E-state index contributed by atoms with van der Waals surface area (Å²) in [6.45, 7) is 11.3. The van der Waals surface area contributed by atoms with Gasteiger partial charge in [0.25, 0.3) is 0 Å². The molecule has 28 heavy (non-hydrogen) atoms. The molecule has 0 aromatic rings. The molecule has 3 aliphatic carbocycles. The van der Waals surface area contributed by atoms with E-state index in [0.29, 0.717) is 12.0 Å². The van der Waals surface area contributed by atoms with Crippen molar-refractivity contribution in [3.8, 4) is 0 Å². The molecule has 1 spiro atoms. The van der Waals surface area contributed by atoms with Crippen LogP contribution in [0.4, 0.5) is 0 Å². The molecule has 154 valence electrons. The highest BCUT2D eigenvalue weighted by atomic mass is 15.3. The van der Waals surface area contributed by atoms with E-state index in [0.717, 1.165) is 31.3 Å². The van der Waals surface area contributed by atoms with Gasteiger partial charge in [-0.15, -0.1) is 0 Å². The summed E-state index contributed by atoms with van der Waals surface area (Å²) in [7, 11) is 0. The predicted molar refractivity (Wildman–Crippen MR) is 117 cm³/mol. The van der Waals surface area contributed by atoms with Crippen LogP contribution in [0.15, 0.2) is 46.8 Å². The summed E-state index contributed by atoms with van der Waals surface area (Å²) in [5.74, 6) is 2.42. The van der Waals surface area contributed by atoms with Crippen molar-refractivity contribution < 1.29 is 5.32 Å². The van der Waals surface area contributed by atoms with E-state index in [-0.39, 0.29) is 5.54 Å². The third-order valence-corrected chi connectivity index (χ3v) is 8.29. The van der Waals surface area contributed by atoms with Crippen molar-refractivity contribution in [1.29, 1.82) is 0 Å². The Bertz CT molecular complexity index is 726. The van der Waals surface area contributed by atoms with Gasteiger partial charge < -0.3 is 16.0 Å². The normalized spacial score (nSPS) is 39.2. The Labute approximate surface area is 171 Å². The van der Waals surface area contributed by atoms with Crippen LogP contribution in [-0.4, -0.2) is 29.6 Å². The van der Waals surface area contributed by atoms with E-state index in [1.807, 2.05) is 0 Å². The third kappa shape index (κ3) is 2.93. The molecule has 4 N–H and O–H groups in total. The fourth-order valence-corrected chi connectivity index (χ4v) is 7.10. The average Bonchev–Trinajstić information content (AvgIpc) is 2.93. The monoisotopic (exact) mass is 382 g/mol. The molecule has 3 heteroatoms. The lowest BCUT2D eigenvalue weighted by atomic mass is 9.56. The van der Waals surface area contributed by atoms with E-state index >= 15 is 0 Å². The molecular formula is C25H40N3+. The summed E-state index contributed by atoms with van der Waals surface area (Å²) in [5.41, 5.74) is 12.3. The van der Waals surface area contributed by atoms with Crippen LogP contribution in [0.5, 0.6) is 0 Å². The first-order chi connectivity index (χ1) is 13.5. The zero-order chi connectivity index (χ0) is 19.9. The van der Waals surface area contributed by atoms with Crippen LogP contribution in [0.25, 0.3) is 0 Å². The van der Waals surface area contributed by atoms with E-state index < -0.39 is 0 Å². The maximum absolute atomic E-state index is 5.96. The van der Waals surface area contributed by atoms with Crippen LogP contribution in [0, 0.1) is 17.8 Å². The van der Waals surface area contributed by atoms with Gasteiger partial charge in [0, 0.05) is 24.2 Å². The Morgan fingerprint density at radius 3 is 2.86 bits per heavy atom. The van der Waals surface area contributed by atoms with Gasteiger partial charge >= 0.3 is 0 Å². The number of hydrogen-bond acceptors (Lipinski definition) is 2. The molecule has 4 aliphatic rings. The van der Waals surface area contributed by atoms with E-state index in [4.69, 9.17) is 5.73 Å². The lowest BCUT2D eigenvalue weighted by molar-refractivity contribution is -0.615. The highest BCUT2D eigenvalue weighted by Crippen LogP contribution is 2.58. The van der Waals surface area contributed by atoms with Gasteiger partial charge in [0.15, 0.2) is 0 Å². The molecule has 5 atom stereocenters. The molecule has 2 fully saturated rings. The molecule has 5 unspecified atom stereocenters. The second-order valence-electron chi connectivity index (χ2n) is 9.67. The molecular weight excluding hydrogens is 342 g/mol. The zero-order valence-electron chi connectivity index (χ0n) is 18.4. The highest BCUT2D eigenvalue weighted by molar-refractivity contribution is 5.42. The van der Waals surface area contributed by atoms with Crippen LogP contribution >= 0.6 is 0 Å². The van der Waals surface area contributed by atoms with Gasteiger partial charge in [-0.2, -0.15) is 0 Å². The number of rotatable bonds is 4. The minimum Gasteiger partial charge on any atom is -0.353 e. The molecule has 3 nitrogen and oxygen atoms in total. The summed E-state index contributed by atoms with van der Waals surface area (Å²) in [6.07, 6.45) is 17.3. The van der Waals surface area contributed by atoms with Crippen molar-refractivity contribution in [2.45, 2.75) is 77.8 Å². The van der Waals surface area contributed by atoms with Gasteiger partial charge in [-0.1, -0.05) is 38.0 Å². The molecule has 2 bridgehead atoms. The minimum atomic E-state index is 0.172. The largest absolute Gasteiger partial charge is 0.353 e. The maximum atomic E-state index is 5.96. The second kappa shape index (κ2) is 7.84. The van der Waals surface area contributed by atoms with Crippen molar-refractivity contribution in [1.82, 2.24) is 4.90 Å². The number of nitrogens with zero attached hydrogens (tertiary/aromatic N) is 1. The summed E-state index contributed by atoms with van der Waals surface area (Å²) in [5, 5.41) is 2.52. The molecule has 0 aromatic heterocycles. The summed E-state index contributed by atoms with van der Waals surface area (Å²) in [4.78, 5) is 2.88. The van der Waals surface area contributed by atoms with Gasteiger partial charge in [-0.25, -0.2) is 0 Å². The topological polar surface area (TPSA) is 45.9 Å². The Balaban J connectivity index is 1.83. The van der Waals surface area contributed by atoms with Crippen LogP contribution < -0.4 is 11.1 Å². The molecule has 1 heterocycles. The summed E-state index contributed by atoms with van der Waals surface area (Å²) < 4.78 is 0. The van der Waals surface area contributed by atoms with Gasteiger partial charge in [0.1, 0.15) is 11.2 Å². The van der Waals surface area contributed by atoms with Crippen LogP contribution in [-0.2, 0) is 0 Å².